The van der Waals surface area contributed by atoms with Crippen LogP contribution < -0.4 is 0 Å². The Hall–Kier alpha value is -2.29. The molecule has 1 aromatic carbocycles. The lowest BCUT2D eigenvalue weighted by atomic mass is 9.75. The third-order valence-corrected chi connectivity index (χ3v) is 6.16. The van der Waals surface area contributed by atoms with E-state index in [4.69, 9.17) is 9.98 Å². The summed E-state index contributed by atoms with van der Waals surface area (Å²) in [7, 11) is 0. The summed E-state index contributed by atoms with van der Waals surface area (Å²) in [5.74, 6) is 0. The third kappa shape index (κ3) is 2.61. The van der Waals surface area contributed by atoms with Gasteiger partial charge >= 0.3 is 0 Å². The van der Waals surface area contributed by atoms with Gasteiger partial charge in [0.1, 0.15) is 6.17 Å². The molecule has 2 aromatic rings. The van der Waals surface area contributed by atoms with E-state index in [1.807, 2.05) is 30.4 Å². The highest BCUT2D eigenvalue weighted by atomic mass is 19.1. The zero-order valence-corrected chi connectivity index (χ0v) is 14.9. The van der Waals surface area contributed by atoms with Crippen molar-refractivity contribution in [2.45, 2.75) is 51.1 Å². The summed E-state index contributed by atoms with van der Waals surface area (Å²) in [5, 5.41) is 1.04. The second kappa shape index (κ2) is 6.15. The number of fused-ring (bicyclic) bond motifs is 2. The van der Waals surface area contributed by atoms with Crippen LogP contribution in [0.2, 0.25) is 0 Å². The van der Waals surface area contributed by atoms with Gasteiger partial charge in [-0.05, 0) is 55.7 Å². The van der Waals surface area contributed by atoms with Gasteiger partial charge in [-0.2, -0.15) is 0 Å². The molecule has 5 rings (SSSR count). The molecular formula is C23H23FN2. The largest absolute Gasteiger partial charge is 0.249 e. The van der Waals surface area contributed by atoms with Crippen molar-refractivity contribution in [1.29, 1.82) is 0 Å². The van der Waals surface area contributed by atoms with Gasteiger partial charge in [0.25, 0.3) is 0 Å². The third-order valence-electron chi connectivity index (χ3n) is 6.16. The summed E-state index contributed by atoms with van der Waals surface area (Å²) in [5.41, 5.74) is 4.90. The number of nitrogens with zero attached hydrogens (tertiary/aromatic N) is 2. The first-order valence-corrected chi connectivity index (χ1v) is 9.74. The van der Waals surface area contributed by atoms with Crippen LogP contribution in [0.5, 0.6) is 0 Å². The highest BCUT2D eigenvalue weighted by Crippen LogP contribution is 2.48. The lowest BCUT2D eigenvalue weighted by Gasteiger charge is -2.30. The number of benzene rings is 1. The summed E-state index contributed by atoms with van der Waals surface area (Å²) >= 11 is 0. The predicted octanol–water partition coefficient (Wildman–Crippen LogP) is 6.13. The normalized spacial score (nSPS) is 25.3. The number of pyridine rings is 1. The standard InChI is InChI=1S/C23H23FN2/c24-18-8-2-4-10-21(18)26-22-16-7-1-3-9-19(16)25-20-11-14-23(15-17(20)22)12-5-6-13-23/h1,3-4,7,9-11,14,18H,2,5-6,8,12-13,15H2. The zero-order valence-electron chi connectivity index (χ0n) is 14.9. The molecule has 0 aliphatic heterocycles. The molecule has 0 N–H and O–H groups in total. The van der Waals surface area contributed by atoms with E-state index in [0.717, 1.165) is 35.1 Å². The van der Waals surface area contributed by atoms with Crippen molar-refractivity contribution in [3.05, 3.63) is 53.8 Å². The smallest absolute Gasteiger partial charge is 0.142 e. The lowest BCUT2D eigenvalue weighted by Crippen LogP contribution is -2.21. The van der Waals surface area contributed by atoms with Crippen LogP contribution in [0, 0.1) is 5.41 Å². The molecule has 0 saturated heterocycles. The van der Waals surface area contributed by atoms with E-state index in [0.29, 0.717) is 12.1 Å². The number of rotatable bonds is 1. The minimum atomic E-state index is -0.970. The highest BCUT2D eigenvalue weighted by molar-refractivity contribution is 6.04. The fourth-order valence-corrected chi connectivity index (χ4v) is 4.72. The topological polar surface area (TPSA) is 25.2 Å². The van der Waals surface area contributed by atoms with E-state index in [9.17, 15) is 4.39 Å². The molecule has 1 saturated carbocycles. The van der Waals surface area contributed by atoms with Gasteiger partial charge < -0.3 is 0 Å². The molecule has 0 radical (unpaired) electrons. The maximum Gasteiger partial charge on any atom is 0.142 e. The predicted molar refractivity (Wildman–Crippen MR) is 106 cm³/mol. The summed E-state index contributed by atoms with van der Waals surface area (Å²) in [6.07, 6.45) is 14.8. The summed E-state index contributed by atoms with van der Waals surface area (Å²) in [4.78, 5) is 9.75. The second-order valence-electron chi connectivity index (χ2n) is 7.90. The van der Waals surface area contributed by atoms with Crippen LogP contribution in [-0.2, 0) is 6.42 Å². The molecule has 2 nitrogen and oxygen atoms in total. The second-order valence-corrected chi connectivity index (χ2v) is 7.90. The molecule has 3 aliphatic rings. The van der Waals surface area contributed by atoms with Crippen molar-refractivity contribution in [3.63, 3.8) is 0 Å². The van der Waals surface area contributed by atoms with E-state index >= 15 is 0 Å². The van der Waals surface area contributed by atoms with E-state index < -0.39 is 6.17 Å². The number of allylic oxidation sites excluding steroid dienone is 3. The highest BCUT2D eigenvalue weighted by Gasteiger charge is 2.36. The Morgan fingerprint density at radius 2 is 1.96 bits per heavy atom. The van der Waals surface area contributed by atoms with E-state index in [-0.39, 0.29) is 5.41 Å². The first kappa shape index (κ1) is 15.9. The Balaban J connectivity index is 1.73. The number of aromatic nitrogens is 1. The average molecular weight is 346 g/mol. The SMILES string of the molecule is FC1CCC=CC1=Nc1c2c(nc3ccccc13)C=CC1(CCCC1)C2. The molecule has 1 atom stereocenters. The Kier molecular flexibility index (Phi) is 3.77. The molecule has 3 heteroatoms. The quantitative estimate of drug-likeness (QED) is 0.610. The van der Waals surface area contributed by atoms with Crippen LogP contribution in [0.25, 0.3) is 17.0 Å². The van der Waals surface area contributed by atoms with Crippen molar-refractivity contribution >= 4 is 28.4 Å². The maximum atomic E-state index is 14.4. The molecule has 1 aromatic heterocycles. The van der Waals surface area contributed by atoms with E-state index in [1.54, 1.807) is 0 Å². The van der Waals surface area contributed by atoms with Crippen molar-refractivity contribution in [2.24, 2.45) is 10.4 Å². The molecule has 0 amide bonds. The van der Waals surface area contributed by atoms with E-state index in [1.165, 1.54) is 31.2 Å². The van der Waals surface area contributed by atoms with Gasteiger partial charge in [0, 0.05) is 10.9 Å². The number of aliphatic imine (C=N–C) groups is 1. The van der Waals surface area contributed by atoms with E-state index in [2.05, 4.69) is 18.2 Å². The molecular weight excluding hydrogens is 323 g/mol. The van der Waals surface area contributed by atoms with Crippen LogP contribution >= 0.6 is 0 Å². The number of hydrogen-bond donors (Lipinski definition) is 0. The molecule has 132 valence electrons. The summed E-state index contributed by atoms with van der Waals surface area (Å²) < 4.78 is 14.4. The van der Waals surface area contributed by atoms with Crippen LogP contribution in [-0.4, -0.2) is 16.9 Å². The van der Waals surface area contributed by atoms with Crippen molar-refractivity contribution < 1.29 is 4.39 Å². The average Bonchev–Trinajstić information content (AvgIpc) is 3.11. The Bertz CT molecular complexity index is 948. The summed E-state index contributed by atoms with van der Waals surface area (Å²) in [6.45, 7) is 0. The van der Waals surface area contributed by atoms with Gasteiger partial charge in [-0.1, -0.05) is 43.2 Å². The molecule has 26 heavy (non-hydrogen) atoms. The van der Waals surface area contributed by atoms with Crippen LogP contribution in [0.15, 0.2) is 47.5 Å². The number of para-hydroxylation sites is 1. The Morgan fingerprint density at radius 1 is 1.12 bits per heavy atom. The minimum Gasteiger partial charge on any atom is -0.249 e. The Morgan fingerprint density at radius 3 is 2.81 bits per heavy atom. The zero-order chi connectivity index (χ0) is 17.6. The van der Waals surface area contributed by atoms with Gasteiger partial charge in [0.05, 0.1) is 22.6 Å². The van der Waals surface area contributed by atoms with Gasteiger partial charge in [-0.3, -0.25) is 0 Å². The van der Waals surface area contributed by atoms with Gasteiger partial charge in [-0.15, -0.1) is 0 Å². The van der Waals surface area contributed by atoms with Crippen molar-refractivity contribution in [2.75, 3.05) is 0 Å². The molecule has 1 spiro atoms. The maximum absolute atomic E-state index is 14.4. The van der Waals surface area contributed by atoms with Crippen LogP contribution in [0.3, 0.4) is 0 Å². The minimum absolute atomic E-state index is 0.254. The van der Waals surface area contributed by atoms with Crippen molar-refractivity contribution in [1.82, 2.24) is 4.98 Å². The van der Waals surface area contributed by atoms with Crippen LogP contribution in [0.4, 0.5) is 10.1 Å². The van der Waals surface area contributed by atoms with Crippen LogP contribution in [0.1, 0.15) is 49.8 Å². The lowest BCUT2D eigenvalue weighted by molar-refractivity contribution is 0.391. The molecule has 0 bridgehead atoms. The first-order valence-electron chi connectivity index (χ1n) is 9.74. The molecule has 1 heterocycles. The van der Waals surface area contributed by atoms with Gasteiger partial charge in [-0.25, -0.2) is 14.4 Å². The number of hydrogen-bond acceptors (Lipinski definition) is 2. The van der Waals surface area contributed by atoms with Gasteiger partial charge in [0.15, 0.2) is 0 Å². The number of alkyl halides is 1. The number of halogens is 1. The first-order chi connectivity index (χ1) is 12.7. The fraction of sp³-hybridized carbons (Fsp3) is 0.391. The van der Waals surface area contributed by atoms with Crippen molar-refractivity contribution in [3.8, 4) is 0 Å². The Labute approximate surface area is 153 Å². The van der Waals surface area contributed by atoms with Gasteiger partial charge in [0.2, 0.25) is 0 Å². The molecule has 3 aliphatic carbocycles. The monoisotopic (exact) mass is 346 g/mol. The summed E-state index contributed by atoms with van der Waals surface area (Å²) in [6, 6.07) is 8.12. The fourth-order valence-electron chi connectivity index (χ4n) is 4.72. The molecule has 1 fully saturated rings. The molecule has 1 unspecified atom stereocenters.